The number of amides is 2. The fourth-order valence-corrected chi connectivity index (χ4v) is 4.32. The van der Waals surface area contributed by atoms with Gasteiger partial charge in [0.2, 0.25) is 0 Å². The van der Waals surface area contributed by atoms with E-state index < -0.39 is 0 Å². The minimum Gasteiger partial charge on any atom is -0.507 e. The van der Waals surface area contributed by atoms with E-state index in [1.165, 1.54) is 18.3 Å². The predicted octanol–water partition coefficient (Wildman–Crippen LogP) is 2.39. The van der Waals surface area contributed by atoms with Gasteiger partial charge in [-0.05, 0) is 46.7 Å². The van der Waals surface area contributed by atoms with Gasteiger partial charge in [0.1, 0.15) is 11.5 Å². The van der Waals surface area contributed by atoms with Crippen LogP contribution in [0.3, 0.4) is 0 Å². The lowest BCUT2D eigenvalue weighted by Crippen LogP contribution is -2.38. The first-order chi connectivity index (χ1) is 11.5. The highest BCUT2D eigenvalue weighted by molar-refractivity contribution is 9.10. The minimum absolute atomic E-state index is 0.105. The lowest BCUT2D eigenvalue weighted by Gasteiger charge is -2.37. The van der Waals surface area contributed by atoms with Gasteiger partial charge >= 0.3 is 0 Å². The number of hydrazone groups is 1. The largest absolute Gasteiger partial charge is 0.507 e. The highest BCUT2D eigenvalue weighted by Crippen LogP contribution is 2.49. The Morgan fingerprint density at radius 3 is 2.17 bits per heavy atom. The van der Waals surface area contributed by atoms with Crippen molar-refractivity contribution in [3.63, 3.8) is 0 Å². The maximum atomic E-state index is 12.6. The van der Waals surface area contributed by atoms with Crippen molar-refractivity contribution in [3.8, 4) is 11.5 Å². The first-order valence-corrected chi connectivity index (χ1v) is 8.58. The van der Waals surface area contributed by atoms with Gasteiger partial charge in [0, 0.05) is 11.6 Å². The number of aromatic hydroxyl groups is 2. The smallest absolute Gasteiger partial charge is 0.254 e. The van der Waals surface area contributed by atoms with Gasteiger partial charge in [0.15, 0.2) is 0 Å². The molecular formula is C17H15BrN2O4. The number of carbonyl (C=O) groups excluding carboxylic acids is 2. The van der Waals surface area contributed by atoms with Gasteiger partial charge in [-0.15, -0.1) is 0 Å². The molecule has 7 heteroatoms. The molecule has 0 unspecified atom stereocenters. The SMILES string of the molecule is O=C1[C@@H]2[C@H](C(=O)N1/N=C\c1cc(Br)c(O)cc1O)[C@@H]1C=C[C@@H]2CC1. The van der Waals surface area contributed by atoms with Crippen molar-refractivity contribution in [2.75, 3.05) is 0 Å². The molecule has 0 spiro atoms. The molecule has 1 heterocycles. The molecule has 1 aliphatic heterocycles. The zero-order valence-electron chi connectivity index (χ0n) is 12.6. The summed E-state index contributed by atoms with van der Waals surface area (Å²) in [6, 6.07) is 2.64. The van der Waals surface area contributed by atoms with Crippen molar-refractivity contribution < 1.29 is 19.8 Å². The van der Waals surface area contributed by atoms with Crippen LogP contribution in [0.25, 0.3) is 0 Å². The Balaban J connectivity index is 1.63. The topological polar surface area (TPSA) is 90.2 Å². The number of benzene rings is 1. The Kier molecular flexibility index (Phi) is 3.49. The molecule has 5 rings (SSSR count). The number of halogens is 1. The van der Waals surface area contributed by atoms with E-state index in [0.717, 1.165) is 17.9 Å². The van der Waals surface area contributed by atoms with Crippen LogP contribution in [-0.4, -0.2) is 33.3 Å². The molecular weight excluding hydrogens is 376 g/mol. The third kappa shape index (κ3) is 2.18. The maximum Gasteiger partial charge on any atom is 0.254 e. The number of imide groups is 1. The fourth-order valence-electron chi connectivity index (χ4n) is 3.96. The summed E-state index contributed by atoms with van der Waals surface area (Å²) in [6.45, 7) is 0. The number of phenols is 2. The first kappa shape index (κ1) is 15.4. The predicted molar refractivity (Wildman–Crippen MR) is 89.3 cm³/mol. The molecule has 1 aromatic rings. The number of nitrogens with zero attached hydrogens (tertiary/aromatic N) is 2. The number of hydrogen-bond acceptors (Lipinski definition) is 5. The van der Waals surface area contributed by atoms with Gasteiger partial charge in [-0.25, -0.2) is 0 Å². The summed E-state index contributed by atoms with van der Waals surface area (Å²) in [4.78, 5) is 25.2. The van der Waals surface area contributed by atoms with Crippen LogP contribution in [0.4, 0.5) is 0 Å². The fraction of sp³-hybridized carbons (Fsp3) is 0.353. The second kappa shape index (κ2) is 5.44. The second-order valence-electron chi connectivity index (χ2n) is 6.44. The lowest BCUT2D eigenvalue weighted by atomic mass is 9.63. The molecule has 3 aliphatic carbocycles. The molecule has 0 aromatic heterocycles. The Bertz CT molecular complexity index is 772. The van der Waals surface area contributed by atoms with Crippen molar-refractivity contribution in [3.05, 3.63) is 34.3 Å². The number of rotatable bonds is 2. The average molecular weight is 391 g/mol. The maximum absolute atomic E-state index is 12.6. The number of allylic oxidation sites excluding steroid dienone is 2. The Labute approximate surface area is 146 Å². The Hall–Kier alpha value is -2.15. The number of carbonyl (C=O) groups is 2. The zero-order chi connectivity index (χ0) is 17.0. The van der Waals surface area contributed by atoms with E-state index in [-0.39, 0.29) is 47.0 Å². The van der Waals surface area contributed by atoms with E-state index in [0.29, 0.717) is 10.0 Å². The van der Waals surface area contributed by atoms with Crippen LogP contribution >= 0.6 is 15.9 Å². The minimum atomic E-state index is -0.307. The van der Waals surface area contributed by atoms with Crippen LogP contribution < -0.4 is 0 Å². The third-order valence-electron chi connectivity index (χ3n) is 5.14. The zero-order valence-corrected chi connectivity index (χ0v) is 14.2. The monoisotopic (exact) mass is 390 g/mol. The van der Waals surface area contributed by atoms with E-state index in [1.54, 1.807) is 0 Å². The van der Waals surface area contributed by atoms with Gasteiger partial charge in [-0.1, -0.05) is 12.2 Å². The van der Waals surface area contributed by atoms with Crippen LogP contribution in [-0.2, 0) is 9.59 Å². The molecule has 6 nitrogen and oxygen atoms in total. The van der Waals surface area contributed by atoms with E-state index >= 15 is 0 Å². The van der Waals surface area contributed by atoms with Crippen molar-refractivity contribution in [2.45, 2.75) is 12.8 Å². The van der Waals surface area contributed by atoms with Crippen LogP contribution in [0.15, 0.2) is 33.9 Å². The van der Waals surface area contributed by atoms with Crippen LogP contribution in [0.2, 0.25) is 0 Å². The molecule has 4 aliphatic rings. The Morgan fingerprint density at radius 1 is 1.04 bits per heavy atom. The van der Waals surface area contributed by atoms with Crippen molar-refractivity contribution >= 4 is 34.0 Å². The summed E-state index contributed by atoms with van der Waals surface area (Å²) in [5.74, 6) is -1.20. The summed E-state index contributed by atoms with van der Waals surface area (Å²) in [7, 11) is 0. The van der Waals surface area contributed by atoms with Crippen molar-refractivity contribution in [1.29, 1.82) is 0 Å². The van der Waals surface area contributed by atoms with Crippen LogP contribution in [0, 0.1) is 23.7 Å². The third-order valence-corrected chi connectivity index (χ3v) is 5.78. The summed E-state index contributed by atoms with van der Waals surface area (Å²) in [5, 5.41) is 24.3. The van der Waals surface area contributed by atoms with Crippen LogP contribution in [0.5, 0.6) is 11.5 Å². The molecule has 1 aromatic carbocycles. The quantitative estimate of drug-likeness (QED) is 0.460. The second-order valence-corrected chi connectivity index (χ2v) is 7.29. The molecule has 24 heavy (non-hydrogen) atoms. The van der Waals surface area contributed by atoms with Crippen molar-refractivity contribution in [1.82, 2.24) is 5.01 Å². The van der Waals surface area contributed by atoms with Crippen LogP contribution in [0.1, 0.15) is 18.4 Å². The summed E-state index contributed by atoms with van der Waals surface area (Å²) in [6.07, 6.45) is 7.24. The summed E-state index contributed by atoms with van der Waals surface area (Å²) < 4.78 is 0.386. The molecule has 4 atom stereocenters. The Morgan fingerprint density at radius 2 is 1.62 bits per heavy atom. The molecule has 2 amide bonds. The van der Waals surface area contributed by atoms with E-state index in [1.807, 2.05) is 0 Å². The van der Waals surface area contributed by atoms with Gasteiger partial charge in [-0.2, -0.15) is 10.1 Å². The standard InChI is InChI=1S/C17H15BrN2O4/c18-11-5-10(12(21)6-13(11)22)7-19-20-16(23)14-8-1-2-9(4-3-8)15(14)17(20)24/h1-2,5-9,14-15,21-22H,3-4H2/b19-7-/t8-,9-,14-,15+/m1/s1. The van der Waals surface area contributed by atoms with E-state index in [2.05, 4.69) is 33.2 Å². The van der Waals surface area contributed by atoms with Crippen molar-refractivity contribution in [2.24, 2.45) is 28.8 Å². The van der Waals surface area contributed by atoms with Gasteiger partial charge < -0.3 is 10.2 Å². The molecule has 2 fully saturated rings. The number of phenolic OH excluding ortho intramolecular Hbond substituents is 2. The summed E-state index contributed by atoms with van der Waals surface area (Å²) in [5.41, 5.74) is 0.302. The van der Waals surface area contributed by atoms with Gasteiger partial charge in [0.25, 0.3) is 11.8 Å². The summed E-state index contributed by atoms with van der Waals surface area (Å²) >= 11 is 3.15. The highest BCUT2D eigenvalue weighted by Gasteiger charge is 2.56. The number of fused-ring (bicyclic) bond motifs is 1. The molecule has 124 valence electrons. The van der Waals surface area contributed by atoms with Gasteiger partial charge in [0.05, 0.1) is 22.5 Å². The van der Waals surface area contributed by atoms with Gasteiger partial charge in [-0.3, -0.25) is 9.59 Å². The lowest BCUT2D eigenvalue weighted by molar-refractivity contribution is -0.140. The molecule has 2 N–H and O–H groups in total. The van der Waals surface area contributed by atoms with E-state index in [9.17, 15) is 19.8 Å². The first-order valence-electron chi connectivity index (χ1n) is 7.79. The highest BCUT2D eigenvalue weighted by atomic mass is 79.9. The molecule has 1 saturated heterocycles. The number of hydrogen-bond donors (Lipinski definition) is 2. The van der Waals surface area contributed by atoms with E-state index in [4.69, 9.17) is 0 Å². The molecule has 0 radical (unpaired) electrons. The normalized spacial score (nSPS) is 31.3. The molecule has 2 bridgehead atoms. The molecule has 1 saturated carbocycles. The average Bonchev–Trinajstić information content (AvgIpc) is 2.84.